The Morgan fingerprint density at radius 1 is 1.25 bits per heavy atom. The summed E-state index contributed by atoms with van der Waals surface area (Å²) in [5, 5.41) is 0.341. The second-order valence-electron chi connectivity index (χ2n) is 4.18. The van der Waals surface area contributed by atoms with E-state index in [0.717, 1.165) is 0 Å². The standard InChI is InChI=1S/C14H10ClFN4/c15-9-3-4-12(11(16)6-9)20-8-18-7-13(20)10-2-1-5-19-14(10)17/h1-8H,(H2,17,19). The number of pyridine rings is 1. The third-order valence-corrected chi connectivity index (χ3v) is 3.16. The summed E-state index contributed by atoms with van der Waals surface area (Å²) in [5.41, 5.74) is 7.56. The average Bonchev–Trinajstić information content (AvgIpc) is 2.88. The molecule has 0 bridgehead atoms. The molecule has 20 heavy (non-hydrogen) atoms. The summed E-state index contributed by atoms with van der Waals surface area (Å²) in [6.45, 7) is 0. The number of hydrogen-bond donors (Lipinski definition) is 1. The number of aromatic nitrogens is 3. The zero-order valence-corrected chi connectivity index (χ0v) is 11.0. The molecule has 0 aliphatic rings. The molecular formula is C14H10ClFN4. The van der Waals surface area contributed by atoms with Gasteiger partial charge < -0.3 is 5.73 Å². The van der Waals surface area contributed by atoms with Gasteiger partial charge in [0.05, 0.1) is 23.9 Å². The Balaban J connectivity index is 2.18. The largest absolute Gasteiger partial charge is 0.383 e. The van der Waals surface area contributed by atoms with E-state index in [1.54, 1.807) is 35.2 Å². The highest BCUT2D eigenvalue weighted by atomic mass is 35.5. The molecule has 3 rings (SSSR count). The fourth-order valence-corrected chi connectivity index (χ4v) is 2.16. The van der Waals surface area contributed by atoms with Crippen LogP contribution in [0.25, 0.3) is 16.9 Å². The molecule has 100 valence electrons. The van der Waals surface area contributed by atoms with Crippen LogP contribution in [0.4, 0.5) is 10.2 Å². The fourth-order valence-electron chi connectivity index (χ4n) is 2.00. The quantitative estimate of drug-likeness (QED) is 0.787. The first kappa shape index (κ1) is 12.6. The van der Waals surface area contributed by atoms with E-state index in [4.69, 9.17) is 17.3 Å². The van der Waals surface area contributed by atoms with Crippen molar-refractivity contribution in [2.45, 2.75) is 0 Å². The molecule has 0 unspecified atom stereocenters. The van der Waals surface area contributed by atoms with E-state index in [1.807, 2.05) is 6.07 Å². The normalized spacial score (nSPS) is 10.7. The van der Waals surface area contributed by atoms with Gasteiger partial charge in [0.2, 0.25) is 0 Å². The van der Waals surface area contributed by atoms with Crippen LogP contribution in [-0.4, -0.2) is 14.5 Å². The van der Waals surface area contributed by atoms with Crippen molar-refractivity contribution in [2.75, 3.05) is 5.73 Å². The Labute approximate surface area is 119 Å². The van der Waals surface area contributed by atoms with E-state index in [2.05, 4.69) is 9.97 Å². The van der Waals surface area contributed by atoms with Gasteiger partial charge in [-0.25, -0.2) is 14.4 Å². The third kappa shape index (κ3) is 2.12. The van der Waals surface area contributed by atoms with Crippen LogP contribution in [0, 0.1) is 5.82 Å². The molecule has 0 radical (unpaired) electrons. The zero-order valence-electron chi connectivity index (χ0n) is 10.3. The molecule has 0 saturated heterocycles. The molecular weight excluding hydrogens is 279 g/mol. The second kappa shape index (κ2) is 4.94. The van der Waals surface area contributed by atoms with Gasteiger partial charge in [0.15, 0.2) is 0 Å². The first-order valence-corrected chi connectivity index (χ1v) is 6.23. The lowest BCUT2D eigenvalue weighted by Gasteiger charge is -2.10. The third-order valence-electron chi connectivity index (χ3n) is 2.92. The predicted molar refractivity (Wildman–Crippen MR) is 76.2 cm³/mol. The lowest BCUT2D eigenvalue weighted by molar-refractivity contribution is 0.618. The van der Waals surface area contributed by atoms with E-state index in [0.29, 0.717) is 27.8 Å². The predicted octanol–water partition coefficient (Wildman–Crippen LogP) is 3.31. The number of imidazole rings is 1. The Morgan fingerprint density at radius 2 is 2.10 bits per heavy atom. The summed E-state index contributed by atoms with van der Waals surface area (Å²) in [7, 11) is 0. The number of rotatable bonds is 2. The Hall–Kier alpha value is -2.40. The molecule has 0 saturated carbocycles. The summed E-state index contributed by atoms with van der Waals surface area (Å²) >= 11 is 5.77. The van der Waals surface area contributed by atoms with Crippen molar-refractivity contribution in [3.63, 3.8) is 0 Å². The molecule has 2 aromatic heterocycles. The molecule has 0 spiro atoms. The Morgan fingerprint density at radius 3 is 2.85 bits per heavy atom. The lowest BCUT2D eigenvalue weighted by Crippen LogP contribution is -2.01. The van der Waals surface area contributed by atoms with Crippen molar-refractivity contribution in [1.29, 1.82) is 0 Å². The Bertz CT molecular complexity index is 769. The van der Waals surface area contributed by atoms with Crippen LogP contribution in [-0.2, 0) is 0 Å². The molecule has 0 aliphatic carbocycles. The highest BCUT2D eigenvalue weighted by Crippen LogP contribution is 2.28. The van der Waals surface area contributed by atoms with E-state index in [9.17, 15) is 4.39 Å². The van der Waals surface area contributed by atoms with Gasteiger partial charge in [-0.05, 0) is 30.3 Å². The van der Waals surface area contributed by atoms with Gasteiger partial charge in [-0.15, -0.1) is 0 Å². The van der Waals surface area contributed by atoms with Crippen molar-refractivity contribution < 1.29 is 4.39 Å². The van der Waals surface area contributed by atoms with Crippen molar-refractivity contribution in [1.82, 2.24) is 14.5 Å². The minimum Gasteiger partial charge on any atom is -0.383 e. The number of hydrogen-bond acceptors (Lipinski definition) is 3. The molecule has 0 amide bonds. The summed E-state index contributed by atoms with van der Waals surface area (Å²) < 4.78 is 15.6. The smallest absolute Gasteiger partial charge is 0.148 e. The van der Waals surface area contributed by atoms with Crippen LogP contribution in [0.15, 0.2) is 49.1 Å². The molecule has 0 aliphatic heterocycles. The van der Waals surface area contributed by atoms with Crippen molar-refractivity contribution >= 4 is 17.4 Å². The van der Waals surface area contributed by atoms with Gasteiger partial charge in [0.1, 0.15) is 11.6 Å². The molecule has 1 aromatic carbocycles. The van der Waals surface area contributed by atoms with Crippen LogP contribution in [0.1, 0.15) is 0 Å². The molecule has 4 nitrogen and oxygen atoms in total. The van der Waals surface area contributed by atoms with Crippen LogP contribution < -0.4 is 5.73 Å². The zero-order chi connectivity index (χ0) is 14.1. The number of nitrogens with zero attached hydrogens (tertiary/aromatic N) is 3. The van der Waals surface area contributed by atoms with Crippen molar-refractivity contribution in [2.24, 2.45) is 0 Å². The van der Waals surface area contributed by atoms with Gasteiger partial charge in [-0.1, -0.05) is 11.6 Å². The second-order valence-corrected chi connectivity index (χ2v) is 4.62. The molecule has 3 aromatic rings. The lowest BCUT2D eigenvalue weighted by atomic mass is 10.2. The monoisotopic (exact) mass is 288 g/mol. The topological polar surface area (TPSA) is 56.7 Å². The van der Waals surface area contributed by atoms with Gasteiger partial charge in [0, 0.05) is 16.8 Å². The molecule has 2 heterocycles. The van der Waals surface area contributed by atoms with Crippen LogP contribution >= 0.6 is 11.6 Å². The van der Waals surface area contributed by atoms with E-state index < -0.39 is 5.82 Å². The maximum absolute atomic E-state index is 14.0. The van der Waals surface area contributed by atoms with Crippen molar-refractivity contribution in [3.05, 3.63) is 59.9 Å². The maximum atomic E-state index is 14.0. The Kier molecular flexibility index (Phi) is 3.12. The summed E-state index contributed by atoms with van der Waals surface area (Å²) in [6, 6.07) is 8.05. The van der Waals surface area contributed by atoms with Gasteiger partial charge in [-0.3, -0.25) is 4.57 Å². The number of halogens is 2. The van der Waals surface area contributed by atoms with Crippen LogP contribution in [0.2, 0.25) is 5.02 Å². The molecule has 2 N–H and O–H groups in total. The van der Waals surface area contributed by atoms with E-state index in [1.165, 1.54) is 12.4 Å². The van der Waals surface area contributed by atoms with E-state index in [-0.39, 0.29) is 0 Å². The van der Waals surface area contributed by atoms with Crippen LogP contribution in [0.5, 0.6) is 0 Å². The summed E-state index contributed by atoms with van der Waals surface area (Å²) in [6.07, 6.45) is 4.73. The SMILES string of the molecule is Nc1ncccc1-c1cncn1-c1ccc(Cl)cc1F. The minimum atomic E-state index is -0.431. The first-order chi connectivity index (χ1) is 9.66. The highest BCUT2D eigenvalue weighted by Gasteiger charge is 2.13. The minimum absolute atomic E-state index is 0.341. The first-order valence-electron chi connectivity index (χ1n) is 5.85. The number of nitrogen functional groups attached to an aromatic ring is 1. The number of anilines is 1. The summed E-state index contributed by atoms with van der Waals surface area (Å²) in [4.78, 5) is 8.09. The van der Waals surface area contributed by atoms with Crippen LogP contribution in [0.3, 0.4) is 0 Å². The molecule has 6 heteroatoms. The van der Waals surface area contributed by atoms with Crippen molar-refractivity contribution in [3.8, 4) is 16.9 Å². The number of nitrogens with two attached hydrogens (primary N) is 1. The average molecular weight is 289 g/mol. The van der Waals surface area contributed by atoms with Gasteiger partial charge >= 0.3 is 0 Å². The fraction of sp³-hybridized carbons (Fsp3) is 0. The highest BCUT2D eigenvalue weighted by molar-refractivity contribution is 6.30. The molecule has 0 fully saturated rings. The maximum Gasteiger partial charge on any atom is 0.148 e. The molecule has 0 atom stereocenters. The van der Waals surface area contributed by atoms with Gasteiger partial charge in [0.25, 0.3) is 0 Å². The summed E-state index contributed by atoms with van der Waals surface area (Å²) in [5.74, 6) is -0.0668. The van der Waals surface area contributed by atoms with E-state index >= 15 is 0 Å². The van der Waals surface area contributed by atoms with Gasteiger partial charge in [-0.2, -0.15) is 0 Å². The number of benzene rings is 1.